The first-order valence-corrected chi connectivity index (χ1v) is 8.27. The van der Waals surface area contributed by atoms with E-state index in [2.05, 4.69) is 10.3 Å². The third-order valence-electron chi connectivity index (χ3n) is 2.96. The number of amides is 1. The molecule has 0 aliphatic rings. The van der Waals surface area contributed by atoms with Gasteiger partial charge in [0.05, 0.1) is 15.7 Å². The summed E-state index contributed by atoms with van der Waals surface area (Å²) >= 11 is 13.4. The van der Waals surface area contributed by atoms with Crippen LogP contribution in [-0.4, -0.2) is 10.9 Å². The van der Waals surface area contributed by atoms with Gasteiger partial charge in [0.1, 0.15) is 0 Å². The zero-order valence-electron chi connectivity index (χ0n) is 11.9. The molecule has 2 aromatic rings. The number of carbonyl (C=O) groups is 1. The van der Waals surface area contributed by atoms with Gasteiger partial charge in [-0.05, 0) is 31.0 Å². The lowest BCUT2D eigenvalue weighted by Crippen LogP contribution is -2.10. The Morgan fingerprint density at radius 2 is 2.10 bits per heavy atom. The zero-order chi connectivity index (χ0) is 15.4. The number of anilines is 1. The van der Waals surface area contributed by atoms with E-state index in [9.17, 15) is 4.79 Å². The predicted molar refractivity (Wildman–Crippen MR) is 89.7 cm³/mol. The Hall–Kier alpha value is -1.10. The number of carbonyl (C=O) groups excluding carboxylic acids is 1. The Labute approximate surface area is 138 Å². The van der Waals surface area contributed by atoms with Crippen LogP contribution in [0.3, 0.4) is 0 Å². The van der Waals surface area contributed by atoms with E-state index < -0.39 is 0 Å². The summed E-state index contributed by atoms with van der Waals surface area (Å²) in [6.07, 6.45) is 2.07. The van der Waals surface area contributed by atoms with Crippen LogP contribution in [0.15, 0.2) is 18.2 Å². The van der Waals surface area contributed by atoms with Crippen molar-refractivity contribution in [3.05, 3.63) is 44.4 Å². The Balaban J connectivity index is 2.11. The Morgan fingerprint density at radius 3 is 2.76 bits per heavy atom. The number of benzene rings is 1. The van der Waals surface area contributed by atoms with Crippen LogP contribution < -0.4 is 5.32 Å². The van der Waals surface area contributed by atoms with Gasteiger partial charge in [0.25, 0.3) is 0 Å². The van der Waals surface area contributed by atoms with E-state index in [4.69, 9.17) is 23.2 Å². The van der Waals surface area contributed by atoms with E-state index in [1.807, 2.05) is 26.0 Å². The molecule has 1 N–H and O–H groups in total. The van der Waals surface area contributed by atoms with Crippen molar-refractivity contribution in [3.63, 3.8) is 0 Å². The quantitative estimate of drug-likeness (QED) is 0.822. The minimum atomic E-state index is 0.00679. The molecule has 2 rings (SSSR count). The average molecular weight is 343 g/mol. The van der Waals surface area contributed by atoms with E-state index in [-0.39, 0.29) is 5.91 Å². The largest absolute Gasteiger partial charge is 0.302 e. The summed E-state index contributed by atoms with van der Waals surface area (Å²) in [7, 11) is 0. The van der Waals surface area contributed by atoms with E-state index in [0.29, 0.717) is 21.6 Å². The van der Waals surface area contributed by atoms with Gasteiger partial charge in [-0.2, -0.15) is 0 Å². The molecular formula is C15H16Cl2N2OS. The van der Waals surface area contributed by atoms with Crippen molar-refractivity contribution in [2.45, 2.75) is 33.1 Å². The molecule has 0 aliphatic heterocycles. The number of thiazole rings is 1. The van der Waals surface area contributed by atoms with Gasteiger partial charge in [-0.15, -0.1) is 11.3 Å². The van der Waals surface area contributed by atoms with Crippen LogP contribution in [0.2, 0.25) is 10.0 Å². The van der Waals surface area contributed by atoms with E-state index in [0.717, 1.165) is 29.0 Å². The molecule has 0 bridgehead atoms. The molecule has 3 nitrogen and oxygen atoms in total. The van der Waals surface area contributed by atoms with Crippen LogP contribution in [0.1, 0.15) is 35.9 Å². The van der Waals surface area contributed by atoms with Crippen molar-refractivity contribution >= 4 is 45.6 Å². The molecule has 0 radical (unpaired) electrons. The number of nitrogens with zero attached hydrogens (tertiary/aromatic N) is 1. The Bertz CT molecular complexity index is 655. The standard InChI is InChI=1S/C15H16Cl2N2OS/c1-3-4-14(20)19-15-18-9(2)13(21-15)8-10-5-6-11(16)12(17)7-10/h5-7H,3-4,8H2,1-2H3,(H,18,19,20). The highest BCUT2D eigenvalue weighted by Gasteiger charge is 2.11. The summed E-state index contributed by atoms with van der Waals surface area (Å²) < 4.78 is 0. The molecule has 0 spiro atoms. The highest BCUT2D eigenvalue weighted by molar-refractivity contribution is 7.15. The molecule has 0 atom stereocenters. The lowest BCUT2D eigenvalue weighted by atomic mass is 10.1. The molecule has 1 heterocycles. The maximum Gasteiger partial charge on any atom is 0.226 e. The first-order valence-electron chi connectivity index (χ1n) is 6.69. The average Bonchev–Trinajstić information content (AvgIpc) is 2.74. The van der Waals surface area contributed by atoms with Gasteiger partial charge < -0.3 is 5.32 Å². The van der Waals surface area contributed by atoms with Gasteiger partial charge in [0.2, 0.25) is 5.91 Å². The van der Waals surface area contributed by atoms with Gasteiger partial charge in [-0.25, -0.2) is 4.98 Å². The van der Waals surface area contributed by atoms with Gasteiger partial charge in [0.15, 0.2) is 5.13 Å². The molecule has 1 aromatic heterocycles. The molecule has 0 unspecified atom stereocenters. The fraction of sp³-hybridized carbons (Fsp3) is 0.333. The fourth-order valence-electron chi connectivity index (χ4n) is 1.89. The third-order valence-corrected chi connectivity index (χ3v) is 4.78. The lowest BCUT2D eigenvalue weighted by molar-refractivity contribution is -0.116. The molecule has 0 aliphatic carbocycles. The molecule has 0 saturated carbocycles. The van der Waals surface area contributed by atoms with Crippen molar-refractivity contribution in [2.75, 3.05) is 5.32 Å². The van der Waals surface area contributed by atoms with Gasteiger partial charge in [0, 0.05) is 17.7 Å². The Kier molecular flexibility index (Phi) is 5.62. The molecule has 112 valence electrons. The zero-order valence-corrected chi connectivity index (χ0v) is 14.2. The highest BCUT2D eigenvalue weighted by atomic mass is 35.5. The normalized spacial score (nSPS) is 10.7. The first kappa shape index (κ1) is 16.3. The number of aryl methyl sites for hydroxylation is 1. The number of hydrogen-bond donors (Lipinski definition) is 1. The van der Waals surface area contributed by atoms with Gasteiger partial charge in [-0.1, -0.05) is 36.2 Å². The summed E-state index contributed by atoms with van der Waals surface area (Å²) in [5.41, 5.74) is 2.00. The van der Waals surface area contributed by atoms with Crippen molar-refractivity contribution in [3.8, 4) is 0 Å². The van der Waals surface area contributed by atoms with E-state index in [1.54, 1.807) is 6.07 Å². The lowest BCUT2D eigenvalue weighted by Gasteiger charge is -2.02. The molecule has 0 fully saturated rings. The number of rotatable bonds is 5. The van der Waals surface area contributed by atoms with Crippen molar-refractivity contribution < 1.29 is 4.79 Å². The summed E-state index contributed by atoms with van der Waals surface area (Å²) in [5, 5.41) is 4.58. The second kappa shape index (κ2) is 7.25. The maximum absolute atomic E-state index is 11.6. The summed E-state index contributed by atoms with van der Waals surface area (Å²) in [6, 6.07) is 5.60. The van der Waals surface area contributed by atoms with Crippen LogP contribution in [0, 0.1) is 6.92 Å². The van der Waals surface area contributed by atoms with Crippen molar-refractivity contribution in [1.29, 1.82) is 0 Å². The molecule has 6 heteroatoms. The molecule has 0 saturated heterocycles. The highest BCUT2D eigenvalue weighted by Crippen LogP contribution is 2.28. The predicted octanol–water partition coefficient (Wildman–Crippen LogP) is 5.09. The number of hydrogen-bond acceptors (Lipinski definition) is 3. The third kappa shape index (κ3) is 4.43. The number of aromatic nitrogens is 1. The monoisotopic (exact) mass is 342 g/mol. The minimum absolute atomic E-state index is 0.00679. The van der Waals surface area contributed by atoms with Crippen molar-refractivity contribution in [1.82, 2.24) is 4.98 Å². The second-order valence-corrected chi connectivity index (χ2v) is 6.65. The van der Waals surface area contributed by atoms with Crippen LogP contribution >= 0.6 is 34.5 Å². The van der Waals surface area contributed by atoms with E-state index >= 15 is 0 Å². The summed E-state index contributed by atoms with van der Waals surface area (Å²) in [6.45, 7) is 3.92. The second-order valence-electron chi connectivity index (χ2n) is 4.75. The summed E-state index contributed by atoms with van der Waals surface area (Å²) in [5.74, 6) is 0.00679. The molecule has 1 amide bonds. The maximum atomic E-state index is 11.6. The van der Waals surface area contributed by atoms with Gasteiger partial charge in [-0.3, -0.25) is 4.79 Å². The topological polar surface area (TPSA) is 42.0 Å². The summed E-state index contributed by atoms with van der Waals surface area (Å²) in [4.78, 5) is 17.1. The van der Waals surface area contributed by atoms with Crippen LogP contribution in [0.25, 0.3) is 0 Å². The van der Waals surface area contributed by atoms with Crippen LogP contribution in [-0.2, 0) is 11.2 Å². The number of nitrogens with one attached hydrogen (secondary N) is 1. The van der Waals surface area contributed by atoms with Crippen LogP contribution in [0.4, 0.5) is 5.13 Å². The first-order chi connectivity index (χ1) is 9.99. The minimum Gasteiger partial charge on any atom is -0.302 e. The van der Waals surface area contributed by atoms with Crippen LogP contribution in [0.5, 0.6) is 0 Å². The fourth-order valence-corrected chi connectivity index (χ4v) is 3.22. The Morgan fingerprint density at radius 1 is 1.33 bits per heavy atom. The molecule has 1 aromatic carbocycles. The van der Waals surface area contributed by atoms with E-state index in [1.165, 1.54) is 11.3 Å². The van der Waals surface area contributed by atoms with Gasteiger partial charge >= 0.3 is 0 Å². The molecular weight excluding hydrogens is 327 g/mol. The van der Waals surface area contributed by atoms with Crippen molar-refractivity contribution in [2.24, 2.45) is 0 Å². The number of halogens is 2. The smallest absolute Gasteiger partial charge is 0.226 e. The SMILES string of the molecule is CCCC(=O)Nc1nc(C)c(Cc2ccc(Cl)c(Cl)c2)s1. The molecule has 21 heavy (non-hydrogen) atoms.